The number of halogens is 2. The van der Waals surface area contributed by atoms with Crippen LogP contribution in [0.2, 0.25) is 10.0 Å². The number of aryl methyl sites for hydroxylation is 1. The van der Waals surface area contributed by atoms with Crippen molar-refractivity contribution >= 4 is 45.7 Å². The molecule has 3 aromatic rings. The van der Waals surface area contributed by atoms with Gasteiger partial charge in [-0.2, -0.15) is 0 Å². The molecular formula is C17H14Cl2N2O2. The number of benzene rings is 2. The highest BCUT2D eigenvalue weighted by molar-refractivity contribution is 6.31. The number of nitrogens with one attached hydrogen (secondary N) is 1. The third kappa shape index (κ3) is 3.00. The molecule has 6 heteroatoms. The number of amides is 1. The Morgan fingerprint density at radius 1 is 1.09 bits per heavy atom. The van der Waals surface area contributed by atoms with Crippen LogP contribution in [-0.4, -0.2) is 17.6 Å². The number of carbonyl (C=O) groups is 1. The first kappa shape index (κ1) is 15.7. The van der Waals surface area contributed by atoms with E-state index in [0.717, 1.165) is 10.9 Å². The maximum absolute atomic E-state index is 12.6. The van der Waals surface area contributed by atoms with Gasteiger partial charge in [0.1, 0.15) is 11.4 Å². The minimum Gasteiger partial charge on any atom is -0.495 e. The fourth-order valence-corrected chi connectivity index (χ4v) is 2.82. The lowest BCUT2D eigenvalue weighted by atomic mass is 10.2. The molecule has 0 saturated carbocycles. The number of ether oxygens (including phenoxy) is 1. The Hall–Kier alpha value is -2.17. The topological polar surface area (TPSA) is 43.3 Å². The van der Waals surface area contributed by atoms with Gasteiger partial charge in [0.15, 0.2) is 0 Å². The average Bonchev–Trinajstić information content (AvgIpc) is 2.84. The van der Waals surface area contributed by atoms with E-state index in [1.807, 2.05) is 25.2 Å². The van der Waals surface area contributed by atoms with Crippen LogP contribution in [-0.2, 0) is 7.05 Å². The van der Waals surface area contributed by atoms with Crippen molar-refractivity contribution < 1.29 is 9.53 Å². The highest BCUT2D eigenvalue weighted by Gasteiger charge is 2.15. The number of aromatic nitrogens is 1. The molecule has 0 unspecified atom stereocenters. The van der Waals surface area contributed by atoms with Crippen LogP contribution in [0.25, 0.3) is 10.9 Å². The molecule has 23 heavy (non-hydrogen) atoms. The zero-order valence-corrected chi connectivity index (χ0v) is 14.1. The molecule has 4 nitrogen and oxygen atoms in total. The van der Waals surface area contributed by atoms with Crippen molar-refractivity contribution in [1.82, 2.24) is 4.57 Å². The average molecular weight is 349 g/mol. The maximum Gasteiger partial charge on any atom is 0.272 e. The van der Waals surface area contributed by atoms with Crippen LogP contribution >= 0.6 is 23.2 Å². The van der Waals surface area contributed by atoms with Crippen molar-refractivity contribution in [2.75, 3.05) is 12.4 Å². The molecule has 0 atom stereocenters. The quantitative estimate of drug-likeness (QED) is 0.742. The Balaban J connectivity index is 1.98. The minimum absolute atomic E-state index is 0.250. The Morgan fingerprint density at radius 2 is 1.78 bits per heavy atom. The van der Waals surface area contributed by atoms with Crippen LogP contribution in [0.1, 0.15) is 10.5 Å². The predicted octanol–water partition coefficient (Wildman–Crippen LogP) is 4.75. The van der Waals surface area contributed by atoms with Gasteiger partial charge in [-0.05, 0) is 36.4 Å². The first-order valence-electron chi connectivity index (χ1n) is 6.89. The number of carbonyl (C=O) groups excluding carboxylic acids is 1. The monoisotopic (exact) mass is 348 g/mol. The van der Waals surface area contributed by atoms with Gasteiger partial charge in [-0.15, -0.1) is 0 Å². The number of hydrogen-bond donors (Lipinski definition) is 1. The fraction of sp³-hybridized carbons (Fsp3) is 0.118. The maximum atomic E-state index is 12.6. The number of hydrogen-bond acceptors (Lipinski definition) is 2. The molecule has 0 radical (unpaired) electrons. The Bertz CT molecular complexity index is 903. The summed E-state index contributed by atoms with van der Waals surface area (Å²) in [4.78, 5) is 12.6. The lowest BCUT2D eigenvalue weighted by Crippen LogP contribution is -2.16. The normalized spacial score (nSPS) is 10.8. The second-order valence-electron chi connectivity index (χ2n) is 5.09. The summed E-state index contributed by atoms with van der Waals surface area (Å²) in [6.45, 7) is 0. The van der Waals surface area contributed by atoms with Gasteiger partial charge in [-0.1, -0.05) is 29.3 Å². The molecule has 1 N–H and O–H groups in total. The SMILES string of the molecule is COc1ccc(Cl)cc1NC(=O)c1cc2ccc(Cl)cc2n1C. The molecule has 0 aliphatic heterocycles. The zero-order chi connectivity index (χ0) is 16.6. The number of anilines is 1. The molecular weight excluding hydrogens is 335 g/mol. The van der Waals surface area contributed by atoms with Gasteiger partial charge in [0.2, 0.25) is 0 Å². The van der Waals surface area contributed by atoms with Crippen LogP contribution in [0.3, 0.4) is 0 Å². The fourth-order valence-electron chi connectivity index (χ4n) is 2.49. The summed E-state index contributed by atoms with van der Waals surface area (Å²) >= 11 is 12.0. The van der Waals surface area contributed by atoms with Crippen LogP contribution in [0.5, 0.6) is 5.75 Å². The molecule has 0 aliphatic rings. The summed E-state index contributed by atoms with van der Waals surface area (Å²) in [6.07, 6.45) is 0. The second-order valence-corrected chi connectivity index (χ2v) is 5.96. The summed E-state index contributed by atoms with van der Waals surface area (Å²) in [5.41, 5.74) is 1.93. The van der Waals surface area contributed by atoms with E-state index in [0.29, 0.717) is 27.2 Å². The van der Waals surface area contributed by atoms with Crippen LogP contribution in [0, 0.1) is 0 Å². The van der Waals surface area contributed by atoms with Gasteiger partial charge in [-0.3, -0.25) is 4.79 Å². The summed E-state index contributed by atoms with van der Waals surface area (Å²) in [5, 5.41) is 4.92. The molecule has 2 aromatic carbocycles. The predicted molar refractivity (Wildman–Crippen MR) is 93.9 cm³/mol. The highest BCUT2D eigenvalue weighted by atomic mass is 35.5. The van der Waals surface area contributed by atoms with Crippen molar-refractivity contribution in [3.8, 4) is 5.75 Å². The number of rotatable bonds is 3. The number of fused-ring (bicyclic) bond motifs is 1. The molecule has 1 heterocycles. The van der Waals surface area contributed by atoms with Gasteiger partial charge in [0.25, 0.3) is 5.91 Å². The van der Waals surface area contributed by atoms with E-state index in [1.165, 1.54) is 7.11 Å². The van der Waals surface area contributed by atoms with Crippen molar-refractivity contribution in [3.05, 3.63) is 58.2 Å². The summed E-state index contributed by atoms with van der Waals surface area (Å²) in [7, 11) is 3.36. The van der Waals surface area contributed by atoms with E-state index in [1.54, 1.807) is 28.8 Å². The lowest BCUT2D eigenvalue weighted by Gasteiger charge is -2.11. The summed E-state index contributed by atoms with van der Waals surface area (Å²) in [5.74, 6) is 0.296. The Labute approximate surface area is 143 Å². The Morgan fingerprint density at radius 3 is 2.52 bits per heavy atom. The van der Waals surface area contributed by atoms with Gasteiger partial charge in [-0.25, -0.2) is 0 Å². The number of nitrogens with zero attached hydrogens (tertiary/aromatic N) is 1. The van der Waals surface area contributed by atoms with Gasteiger partial charge in [0, 0.05) is 28.0 Å². The Kier molecular flexibility index (Phi) is 4.20. The zero-order valence-electron chi connectivity index (χ0n) is 12.6. The first-order valence-corrected chi connectivity index (χ1v) is 7.65. The third-order valence-corrected chi connectivity index (χ3v) is 4.12. The van der Waals surface area contributed by atoms with Crippen LogP contribution < -0.4 is 10.1 Å². The highest BCUT2D eigenvalue weighted by Crippen LogP contribution is 2.29. The molecule has 118 valence electrons. The molecule has 0 saturated heterocycles. The molecule has 3 rings (SSSR count). The first-order chi connectivity index (χ1) is 11.0. The van der Waals surface area contributed by atoms with Crippen LogP contribution in [0.15, 0.2) is 42.5 Å². The van der Waals surface area contributed by atoms with E-state index in [9.17, 15) is 4.79 Å². The van der Waals surface area contributed by atoms with E-state index in [2.05, 4.69) is 5.32 Å². The minimum atomic E-state index is -0.250. The van der Waals surface area contributed by atoms with Gasteiger partial charge >= 0.3 is 0 Å². The van der Waals surface area contributed by atoms with E-state index < -0.39 is 0 Å². The van der Waals surface area contributed by atoms with Crippen molar-refractivity contribution in [2.45, 2.75) is 0 Å². The molecule has 0 spiro atoms. The molecule has 1 amide bonds. The van der Waals surface area contributed by atoms with Crippen LogP contribution in [0.4, 0.5) is 5.69 Å². The van der Waals surface area contributed by atoms with E-state index >= 15 is 0 Å². The molecule has 0 bridgehead atoms. The van der Waals surface area contributed by atoms with Gasteiger partial charge in [0.05, 0.1) is 12.8 Å². The van der Waals surface area contributed by atoms with E-state index in [4.69, 9.17) is 27.9 Å². The van der Waals surface area contributed by atoms with Crippen molar-refractivity contribution in [1.29, 1.82) is 0 Å². The van der Waals surface area contributed by atoms with Crippen molar-refractivity contribution in [2.24, 2.45) is 7.05 Å². The second kappa shape index (κ2) is 6.14. The lowest BCUT2D eigenvalue weighted by molar-refractivity contribution is 0.101. The summed E-state index contributed by atoms with van der Waals surface area (Å²) in [6, 6.07) is 12.4. The van der Waals surface area contributed by atoms with E-state index in [-0.39, 0.29) is 5.91 Å². The largest absolute Gasteiger partial charge is 0.495 e. The summed E-state index contributed by atoms with van der Waals surface area (Å²) < 4.78 is 7.04. The number of methoxy groups -OCH3 is 1. The van der Waals surface area contributed by atoms with Crippen molar-refractivity contribution in [3.63, 3.8) is 0 Å². The van der Waals surface area contributed by atoms with Gasteiger partial charge < -0.3 is 14.6 Å². The third-order valence-electron chi connectivity index (χ3n) is 3.65. The molecule has 0 fully saturated rings. The smallest absolute Gasteiger partial charge is 0.272 e. The molecule has 1 aromatic heterocycles. The standard InChI is InChI=1S/C17H14Cl2N2O2/c1-21-14-9-12(19)4-3-10(14)7-15(21)17(22)20-13-8-11(18)5-6-16(13)23-2/h3-9H,1-2H3,(H,20,22). The molecule has 0 aliphatic carbocycles.